The van der Waals surface area contributed by atoms with Crippen molar-refractivity contribution in [1.82, 2.24) is 15.0 Å². The van der Waals surface area contributed by atoms with E-state index >= 15 is 0 Å². The molecule has 0 aliphatic carbocycles. The highest BCUT2D eigenvalue weighted by molar-refractivity contribution is 5.56. The molecule has 0 aliphatic rings. The van der Waals surface area contributed by atoms with Gasteiger partial charge in [0, 0.05) is 30.1 Å². The van der Waals surface area contributed by atoms with E-state index in [-0.39, 0.29) is 5.56 Å². The molecule has 0 amide bonds. The Bertz CT molecular complexity index is 949. The lowest BCUT2D eigenvalue weighted by molar-refractivity contribution is 0.411. The Hall–Kier alpha value is -3.15. The van der Waals surface area contributed by atoms with Gasteiger partial charge in [0.05, 0.1) is 7.11 Å². The highest BCUT2D eigenvalue weighted by Crippen LogP contribution is 2.19. The summed E-state index contributed by atoms with van der Waals surface area (Å²) in [6, 6.07) is 11.4. The van der Waals surface area contributed by atoms with Gasteiger partial charge in [0.2, 0.25) is 0 Å². The van der Waals surface area contributed by atoms with Gasteiger partial charge in [-0.15, -0.1) is 0 Å². The molecule has 1 aromatic carbocycles. The van der Waals surface area contributed by atoms with E-state index in [9.17, 15) is 4.79 Å². The number of pyridine rings is 1. The van der Waals surface area contributed by atoms with Crippen molar-refractivity contribution in [2.24, 2.45) is 0 Å². The summed E-state index contributed by atoms with van der Waals surface area (Å²) in [7, 11) is 1.67. The van der Waals surface area contributed by atoms with E-state index in [2.05, 4.69) is 26.3 Å². The third-order valence-electron chi connectivity index (χ3n) is 4.13. The van der Waals surface area contributed by atoms with Crippen molar-refractivity contribution in [2.45, 2.75) is 26.8 Å². The molecule has 0 saturated heterocycles. The number of methoxy groups -OCH3 is 1. The number of aromatic amines is 1. The zero-order valence-corrected chi connectivity index (χ0v) is 15.2. The van der Waals surface area contributed by atoms with E-state index < -0.39 is 0 Å². The number of ether oxygens (including phenoxy) is 1. The van der Waals surface area contributed by atoms with Gasteiger partial charge in [-0.3, -0.25) is 4.79 Å². The molecular weight excluding hydrogens is 328 g/mol. The van der Waals surface area contributed by atoms with Gasteiger partial charge in [0.1, 0.15) is 17.4 Å². The van der Waals surface area contributed by atoms with E-state index in [1.54, 1.807) is 13.3 Å². The number of H-pyrrole nitrogens is 1. The van der Waals surface area contributed by atoms with Gasteiger partial charge in [0.25, 0.3) is 5.56 Å². The molecule has 3 rings (SSSR count). The summed E-state index contributed by atoms with van der Waals surface area (Å²) in [5, 5.41) is 3.29. The number of aryl methyl sites for hydroxylation is 2. The number of nitrogens with zero attached hydrogens (tertiary/aromatic N) is 2. The van der Waals surface area contributed by atoms with Crippen molar-refractivity contribution in [3.05, 3.63) is 69.8 Å². The minimum atomic E-state index is -0.149. The number of benzene rings is 1. The Morgan fingerprint density at radius 3 is 2.69 bits per heavy atom. The van der Waals surface area contributed by atoms with Crippen molar-refractivity contribution in [3.63, 3.8) is 0 Å². The zero-order chi connectivity index (χ0) is 18.5. The Morgan fingerprint density at radius 2 is 2.04 bits per heavy atom. The maximum absolute atomic E-state index is 11.7. The normalized spacial score (nSPS) is 10.6. The lowest BCUT2D eigenvalue weighted by Gasteiger charge is -2.09. The molecule has 0 bridgehead atoms. The van der Waals surface area contributed by atoms with Crippen LogP contribution in [0.15, 0.2) is 47.4 Å². The molecule has 6 heteroatoms. The molecule has 2 heterocycles. The van der Waals surface area contributed by atoms with Gasteiger partial charge in [-0.2, -0.15) is 0 Å². The van der Waals surface area contributed by atoms with Gasteiger partial charge in [-0.05, 0) is 42.7 Å². The second kappa shape index (κ2) is 7.82. The third kappa shape index (κ3) is 4.08. The summed E-state index contributed by atoms with van der Waals surface area (Å²) < 4.78 is 5.28. The zero-order valence-electron chi connectivity index (χ0n) is 15.2. The first kappa shape index (κ1) is 17.7. The fourth-order valence-electron chi connectivity index (χ4n) is 2.71. The molecule has 134 valence electrons. The predicted octanol–water partition coefficient (Wildman–Crippen LogP) is 3.32. The molecule has 0 fully saturated rings. The highest BCUT2D eigenvalue weighted by atomic mass is 16.5. The van der Waals surface area contributed by atoms with Crippen LogP contribution >= 0.6 is 0 Å². The van der Waals surface area contributed by atoms with Gasteiger partial charge < -0.3 is 15.0 Å². The van der Waals surface area contributed by atoms with Crippen LogP contribution in [0.2, 0.25) is 0 Å². The topological polar surface area (TPSA) is 79.9 Å². The first-order valence-corrected chi connectivity index (χ1v) is 8.53. The van der Waals surface area contributed by atoms with E-state index in [4.69, 9.17) is 4.74 Å². The monoisotopic (exact) mass is 350 g/mol. The summed E-state index contributed by atoms with van der Waals surface area (Å²) in [6.07, 6.45) is 2.42. The van der Waals surface area contributed by atoms with Crippen molar-refractivity contribution >= 4 is 5.82 Å². The number of aromatic nitrogens is 3. The average Bonchev–Trinajstić information content (AvgIpc) is 2.66. The Balaban J connectivity index is 1.71. The average molecular weight is 350 g/mol. The quantitative estimate of drug-likeness (QED) is 0.713. The molecule has 0 unspecified atom stereocenters. The van der Waals surface area contributed by atoms with Crippen LogP contribution in [0.1, 0.15) is 23.7 Å². The maximum atomic E-state index is 11.7. The smallest absolute Gasteiger partial charge is 0.251 e. The van der Waals surface area contributed by atoms with Crippen LogP contribution in [0.25, 0.3) is 11.4 Å². The number of anilines is 1. The SMILES string of the molecule is CCc1cc(=O)[nH]c(-c2ccc(NCc3ccc(OC)c(C)c3)nc2)n1. The van der Waals surface area contributed by atoms with E-state index in [0.29, 0.717) is 18.8 Å². The van der Waals surface area contributed by atoms with Crippen LogP contribution < -0.4 is 15.6 Å². The van der Waals surface area contributed by atoms with Crippen LogP contribution in [0.4, 0.5) is 5.82 Å². The van der Waals surface area contributed by atoms with Crippen LogP contribution in [0.5, 0.6) is 5.75 Å². The summed E-state index contributed by atoms with van der Waals surface area (Å²) >= 11 is 0. The van der Waals surface area contributed by atoms with Crippen LogP contribution in [0, 0.1) is 6.92 Å². The first-order chi connectivity index (χ1) is 12.6. The van der Waals surface area contributed by atoms with E-state index in [1.165, 1.54) is 6.07 Å². The largest absolute Gasteiger partial charge is 0.496 e. The van der Waals surface area contributed by atoms with Crippen molar-refractivity contribution < 1.29 is 4.74 Å². The molecule has 0 radical (unpaired) electrons. The first-order valence-electron chi connectivity index (χ1n) is 8.53. The van der Waals surface area contributed by atoms with Crippen LogP contribution in [-0.4, -0.2) is 22.1 Å². The van der Waals surface area contributed by atoms with Gasteiger partial charge in [-0.25, -0.2) is 9.97 Å². The molecule has 0 spiro atoms. The second-order valence-corrected chi connectivity index (χ2v) is 6.03. The Morgan fingerprint density at radius 1 is 1.19 bits per heavy atom. The van der Waals surface area contributed by atoms with Crippen molar-refractivity contribution in [3.8, 4) is 17.1 Å². The van der Waals surface area contributed by atoms with Gasteiger partial charge >= 0.3 is 0 Å². The van der Waals surface area contributed by atoms with Crippen molar-refractivity contribution in [2.75, 3.05) is 12.4 Å². The van der Waals surface area contributed by atoms with Crippen molar-refractivity contribution in [1.29, 1.82) is 0 Å². The third-order valence-corrected chi connectivity index (χ3v) is 4.13. The number of rotatable bonds is 6. The summed E-state index contributed by atoms with van der Waals surface area (Å²) in [4.78, 5) is 23.3. The fraction of sp³-hybridized carbons (Fsp3) is 0.250. The van der Waals surface area contributed by atoms with E-state index in [1.807, 2.05) is 38.1 Å². The summed E-state index contributed by atoms with van der Waals surface area (Å²) in [6.45, 7) is 4.66. The summed E-state index contributed by atoms with van der Waals surface area (Å²) in [5.74, 6) is 2.18. The minimum absolute atomic E-state index is 0.149. The fourth-order valence-corrected chi connectivity index (χ4v) is 2.71. The molecule has 2 N–H and O–H groups in total. The summed E-state index contributed by atoms with van der Waals surface area (Å²) in [5.41, 5.74) is 3.64. The lowest BCUT2D eigenvalue weighted by Crippen LogP contribution is -2.10. The molecule has 26 heavy (non-hydrogen) atoms. The maximum Gasteiger partial charge on any atom is 0.251 e. The molecular formula is C20H22N4O2. The molecule has 0 atom stereocenters. The van der Waals surface area contributed by atoms with Gasteiger partial charge in [0.15, 0.2) is 0 Å². The Labute approximate surface area is 152 Å². The van der Waals surface area contributed by atoms with Crippen LogP contribution in [0.3, 0.4) is 0 Å². The molecule has 3 aromatic rings. The van der Waals surface area contributed by atoms with Crippen LogP contribution in [-0.2, 0) is 13.0 Å². The lowest BCUT2D eigenvalue weighted by atomic mass is 10.1. The Kier molecular flexibility index (Phi) is 5.31. The van der Waals surface area contributed by atoms with E-state index in [0.717, 1.165) is 34.0 Å². The highest BCUT2D eigenvalue weighted by Gasteiger charge is 2.05. The predicted molar refractivity (Wildman–Crippen MR) is 103 cm³/mol. The number of nitrogens with one attached hydrogen (secondary N) is 2. The molecule has 0 saturated carbocycles. The second-order valence-electron chi connectivity index (χ2n) is 6.03. The number of hydrogen-bond donors (Lipinski definition) is 2. The number of hydrogen-bond acceptors (Lipinski definition) is 5. The minimum Gasteiger partial charge on any atom is -0.496 e. The van der Waals surface area contributed by atoms with Gasteiger partial charge in [-0.1, -0.05) is 19.1 Å². The molecule has 2 aromatic heterocycles. The standard InChI is InChI=1S/C20H22N4O2/c1-4-16-10-19(25)24-20(23-16)15-6-8-18(22-12-15)21-11-14-5-7-17(26-3)13(2)9-14/h5-10,12H,4,11H2,1-3H3,(H,21,22)(H,23,24,25). The molecule has 0 aliphatic heterocycles. The molecule has 6 nitrogen and oxygen atoms in total.